The molecule has 1 heterocycles. The zero-order valence-corrected chi connectivity index (χ0v) is 8.31. The summed E-state index contributed by atoms with van der Waals surface area (Å²) in [6.07, 6.45) is 4.69. The van der Waals surface area contributed by atoms with Crippen LogP contribution in [0.2, 0.25) is 0 Å². The first-order valence-electron chi connectivity index (χ1n) is 4.93. The topological polar surface area (TPSA) is 45.8 Å². The molecule has 1 aromatic heterocycles. The molecule has 0 saturated heterocycles. The second kappa shape index (κ2) is 4.55. The molecule has 0 atom stereocenters. The highest BCUT2D eigenvalue weighted by atomic mass is 16.1. The largest absolute Gasteiger partial charge is 0.326 e. The van der Waals surface area contributed by atoms with E-state index < -0.39 is 0 Å². The van der Waals surface area contributed by atoms with E-state index in [1.165, 1.54) is 5.56 Å². The van der Waals surface area contributed by atoms with E-state index >= 15 is 0 Å². The molecule has 0 fully saturated rings. The zero-order chi connectivity index (χ0) is 10.5. The molecular formula is C12H12N2O. The smallest absolute Gasteiger partial charge is 0.269 e. The molecule has 0 spiro atoms. The van der Waals surface area contributed by atoms with Gasteiger partial charge in [0.25, 0.3) is 5.56 Å². The molecule has 0 aliphatic carbocycles. The number of rotatable bonds is 3. The summed E-state index contributed by atoms with van der Waals surface area (Å²) in [4.78, 5) is 18.0. The third kappa shape index (κ3) is 2.53. The summed E-state index contributed by atoms with van der Waals surface area (Å²) < 4.78 is 0. The van der Waals surface area contributed by atoms with Crippen LogP contribution < -0.4 is 5.56 Å². The monoisotopic (exact) mass is 200 g/mol. The van der Waals surface area contributed by atoms with Gasteiger partial charge in [0.2, 0.25) is 0 Å². The van der Waals surface area contributed by atoms with Crippen molar-refractivity contribution in [2.75, 3.05) is 0 Å². The number of benzene rings is 1. The molecule has 0 aliphatic heterocycles. The molecule has 15 heavy (non-hydrogen) atoms. The highest BCUT2D eigenvalue weighted by Crippen LogP contribution is 2.01. The molecule has 0 amide bonds. The van der Waals surface area contributed by atoms with Crippen LogP contribution in [0.3, 0.4) is 0 Å². The van der Waals surface area contributed by atoms with Crippen molar-refractivity contribution < 1.29 is 0 Å². The summed E-state index contributed by atoms with van der Waals surface area (Å²) in [6, 6.07) is 10.1. The van der Waals surface area contributed by atoms with Gasteiger partial charge in [-0.2, -0.15) is 0 Å². The minimum absolute atomic E-state index is 0.0894. The van der Waals surface area contributed by atoms with E-state index in [0.29, 0.717) is 12.1 Å². The molecule has 0 bridgehead atoms. The van der Waals surface area contributed by atoms with Gasteiger partial charge in [-0.1, -0.05) is 30.3 Å². The number of hydrogen-bond donors (Lipinski definition) is 1. The summed E-state index contributed by atoms with van der Waals surface area (Å²) >= 11 is 0. The summed E-state index contributed by atoms with van der Waals surface area (Å²) in [5.41, 5.74) is 1.73. The van der Waals surface area contributed by atoms with Crippen molar-refractivity contribution in [1.29, 1.82) is 0 Å². The zero-order valence-electron chi connectivity index (χ0n) is 8.31. The van der Waals surface area contributed by atoms with Crippen LogP contribution in [0.1, 0.15) is 11.3 Å². The highest BCUT2D eigenvalue weighted by Gasteiger charge is 2.00. The lowest BCUT2D eigenvalue weighted by Crippen LogP contribution is -2.14. The average Bonchev–Trinajstić information content (AvgIpc) is 2.29. The first kappa shape index (κ1) is 9.65. The van der Waals surface area contributed by atoms with Crippen LogP contribution in [0.5, 0.6) is 0 Å². The first-order valence-corrected chi connectivity index (χ1v) is 4.93. The number of aryl methyl sites for hydroxylation is 2. The maximum absolute atomic E-state index is 11.3. The van der Waals surface area contributed by atoms with Crippen molar-refractivity contribution in [3.8, 4) is 0 Å². The summed E-state index contributed by atoms with van der Waals surface area (Å²) in [5.74, 6) is 0. The van der Waals surface area contributed by atoms with E-state index in [-0.39, 0.29) is 5.56 Å². The lowest BCUT2D eigenvalue weighted by molar-refractivity contribution is 0.879. The van der Waals surface area contributed by atoms with Gasteiger partial charge in [0.1, 0.15) is 5.69 Å². The molecular weight excluding hydrogens is 188 g/mol. The van der Waals surface area contributed by atoms with Crippen molar-refractivity contribution in [3.63, 3.8) is 0 Å². The summed E-state index contributed by atoms with van der Waals surface area (Å²) in [6.45, 7) is 0. The standard InChI is InChI=1S/C12H12N2O/c15-12-11(13-8-9-14-12)7-6-10-4-2-1-3-5-10/h1-5,8-9H,6-7H2,(H,14,15). The minimum Gasteiger partial charge on any atom is -0.326 e. The Kier molecular flexibility index (Phi) is 2.93. The Morgan fingerprint density at radius 1 is 1.13 bits per heavy atom. The number of nitrogens with one attached hydrogen (secondary N) is 1. The third-order valence-corrected chi connectivity index (χ3v) is 2.27. The first-order chi connectivity index (χ1) is 7.36. The number of H-pyrrole nitrogens is 1. The second-order valence-electron chi connectivity index (χ2n) is 3.35. The maximum atomic E-state index is 11.3. The molecule has 2 aromatic rings. The number of aromatic amines is 1. The number of aromatic nitrogens is 2. The van der Waals surface area contributed by atoms with E-state index in [1.807, 2.05) is 18.2 Å². The van der Waals surface area contributed by atoms with Gasteiger partial charge >= 0.3 is 0 Å². The molecule has 3 heteroatoms. The van der Waals surface area contributed by atoms with Gasteiger partial charge in [0, 0.05) is 12.4 Å². The maximum Gasteiger partial charge on any atom is 0.269 e. The fourth-order valence-electron chi connectivity index (χ4n) is 1.47. The van der Waals surface area contributed by atoms with Crippen molar-refractivity contribution in [3.05, 3.63) is 64.3 Å². The Hall–Kier alpha value is -1.90. The van der Waals surface area contributed by atoms with Crippen molar-refractivity contribution in [2.24, 2.45) is 0 Å². The fraction of sp³-hybridized carbons (Fsp3) is 0.167. The summed E-state index contributed by atoms with van der Waals surface area (Å²) in [7, 11) is 0. The van der Waals surface area contributed by atoms with Crippen molar-refractivity contribution >= 4 is 0 Å². The van der Waals surface area contributed by atoms with Crippen LogP contribution in [0.15, 0.2) is 47.5 Å². The van der Waals surface area contributed by atoms with Crippen LogP contribution >= 0.6 is 0 Å². The van der Waals surface area contributed by atoms with E-state index in [2.05, 4.69) is 22.1 Å². The summed E-state index contributed by atoms with van der Waals surface area (Å²) in [5, 5.41) is 0. The molecule has 1 N–H and O–H groups in total. The Balaban J connectivity index is 2.06. The normalized spacial score (nSPS) is 10.1. The van der Waals surface area contributed by atoms with Crippen LogP contribution in [0.25, 0.3) is 0 Å². The van der Waals surface area contributed by atoms with E-state index in [4.69, 9.17) is 0 Å². The van der Waals surface area contributed by atoms with Gasteiger partial charge in [0.15, 0.2) is 0 Å². The van der Waals surface area contributed by atoms with Gasteiger partial charge in [-0.3, -0.25) is 9.78 Å². The molecule has 2 rings (SSSR count). The Morgan fingerprint density at radius 2 is 1.93 bits per heavy atom. The fourth-order valence-corrected chi connectivity index (χ4v) is 1.47. The molecule has 3 nitrogen and oxygen atoms in total. The van der Waals surface area contributed by atoms with E-state index in [9.17, 15) is 4.79 Å². The molecule has 0 saturated carbocycles. The predicted octanol–water partition coefficient (Wildman–Crippen LogP) is 1.56. The number of nitrogens with zero attached hydrogens (tertiary/aromatic N) is 1. The Labute approximate surface area is 87.8 Å². The lowest BCUT2D eigenvalue weighted by atomic mass is 10.1. The molecule has 76 valence electrons. The van der Waals surface area contributed by atoms with Gasteiger partial charge in [-0.05, 0) is 18.4 Å². The Bertz CT molecular complexity index is 476. The van der Waals surface area contributed by atoms with Crippen molar-refractivity contribution in [1.82, 2.24) is 9.97 Å². The van der Waals surface area contributed by atoms with E-state index in [1.54, 1.807) is 12.4 Å². The lowest BCUT2D eigenvalue weighted by Gasteiger charge is -1.99. The quantitative estimate of drug-likeness (QED) is 0.817. The van der Waals surface area contributed by atoms with Crippen LogP contribution in [0.4, 0.5) is 0 Å². The SMILES string of the molecule is O=c1[nH]ccnc1CCc1ccccc1. The molecule has 0 unspecified atom stereocenters. The molecule has 0 aliphatic rings. The van der Waals surface area contributed by atoms with E-state index in [0.717, 1.165) is 6.42 Å². The third-order valence-electron chi connectivity index (χ3n) is 2.27. The average molecular weight is 200 g/mol. The van der Waals surface area contributed by atoms with Crippen LogP contribution in [-0.4, -0.2) is 9.97 Å². The minimum atomic E-state index is -0.0894. The number of hydrogen-bond acceptors (Lipinski definition) is 2. The van der Waals surface area contributed by atoms with Gasteiger partial charge in [-0.15, -0.1) is 0 Å². The molecule has 0 radical (unpaired) electrons. The van der Waals surface area contributed by atoms with Gasteiger partial charge in [0.05, 0.1) is 0 Å². The van der Waals surface area contributed by atoms with Crippen LogP contribution in [-0.2, 0) is 12.8 Å². The predicted molar refractivity (Wildman–Crippen MR) is 58.7 cm³/mol. The second-order valence-corrected chi connectivity index (χ2v) is 3.35. The van der Waals surface area contributed by atoms with Crippen molar-refractivity contribution in [2.45, 2.75) is 12.8 Å². The molecule has 1 aromatic carbocycles. The highest BCUT2D eigenvalue weighted by molar-refractivity contribution is 5.16. The Morgan fingerprint density at radius 3 is 2.67 bits per heavy atom. The van der Waals surface area contributed by atoms with Crippen LogP contribution in [0, 0.1) is 0 Å². The van der Waals surface area contributed by atoms with Gasteiger partial charge < -0.3 is 4.98 Å². The van der Waals surface area contributed by atoms with Gasteiger partial charge in [-0.25, -0.2) is 0 Å².